The summed E-state index contributed by atoms with van der Waals surface area (Å²) in [5, 5.41) is 5.18. The monoisotopic (exact) mass is 306 g/mol. The molecule has 112 valence electrons. The molecule has 21 heavy (non-hydrogen) atoms. The average Bonchev–Trinajstić information content (AvgIpc) is 2.90. The van der Waals surface area contributed by atoms with Crippen molar-refractivity contribution in [2.45, 2.75) is 32.9 Å². The average molecular weight is 306 g/mol. The number of thiazole rings is 1. The number of nitrogens with one attached hydrogen (secondary N) is 1. The van der Waals surface area contributed by atoms with E-state index in [-0.39, 0.29) is 18.1 Å². The zero-order valence-corrected chi connectivity index (χ0v) is 13.0. The van der Waals surface area contributed by atoms with Gasteiger partial charge in [0, 0.05) is 11.6 Å². The molecule has 0 aliphatic rings. The first-order valence-electron chi connectivity index (χ1n) is 6.61. The standard InChI is InChI=1S/C14H18N4O2S/c1-8(2)20-13-10(5-4-6-16-13)17-12(19)11-7-21-14(18-11)9(3)15/h4-9H,15H2,1-3H3,(H,17,19). The summed E-state index contributed by atoms with van der Waals surface area (Å²) in [6, 6.07) is 3.29. The van der Waals surface area contributed by atoms with Gasteiger partial charge in [0.1, 0.15) is 16.4 Å². The van der Waals surface area contributed by atoms with Crippen molar-refractivity contribution in [3.63, 3.8) is 0 Å². The van der Waals surface area contributed by atoms with Gasteiger partial charge in [0.05, 0.1) is 12.1 Å². The summed E-state index contributed by atoms with van der Waals surface area (Å²) in [5.41, 5.74) is 6.60. The van der Waals surface area contributed by atoms with Crippen molar-refractivity contribution in [3.05, 3.63) is 34.4 Å². The molecule has 0 aromatic carbocycles. The predicted molar refractivity (Wildman–Crippen MR) is 82.7 cm³/mol. The van der Waals surface area contributed by atoms with Crippen LogP contribution in [-0.4, -0.2) is 22.0 Å². The molecular weight excluding hydrogens is 288 g/mol. The van der Waals surface area contributed by atoms with Crippen LogP contribution in [0.15, 0.2) is 23.7 Å². The summed E-state index contributed by atoms with van der Waals surface area (Å²) >= 11 is 1.37. The molecule has 7 heteroatoms. The van der Waals surface area contributed by atoms with E-state index in [2.05, 4.69) is 15.3 Å². The molecule has 0 aliphatic carbocycles. The highest BCUT2D eigenvalue weighted by Gasteiger charge is 2.15. The third kappa shape index (κ3) is 3.99. The fourth-order valence-corrected chi connectivity index (χ4v) is 2.35. The molecule has 0 spiro atoms. The van der Waals surface area contributed by atoms with E-state index in [0.717, 1.165) is 5.01 Å². The van der Waals surface area contributed by atoms with Crippen LogP contribution in [0.5, 0.6) is 5.88 Å². The Morgan fingerprint density at radius 2 is 2.19 bits per heavy atom. The molecule has 0 fully saturated rings. The van der Waals surface area contributed by atoms with Crippen LogP contribution in [0.1, 0.15) is 42.3 Å². The Balaban J connectivity index is 2.15. The summed E-state index contributed by atoms with van der Waals surface area (Å²) < 4.78 is 5.56. The lowest BCUT2D eigenvalue weighted by Crippen LogP contribution is -2.16. The molecule has 2 aromatic rings. The van der Waals surface area contributed by atoms with Crippen molar-refractivity contribution >= 4 is 22.9 Å². The van der Waals surface area contributed by atoms with E-state index in [9.17, 15) is 4.79 Å². The van der Waals surface area contributed by atoms with Crippen LogP contribution in [0.4, 0.5) is 5.69 Å². The zero-order chi connectivity index (χ0) is 15.4. The van der Waals surface area contributed by atoms with Gasteiger partial charge in [0.15, 0.2) is 0 Å². The number of aromatic nitrogens is 2. The molecular formula is C14H18N4O2S. The number of nitrogens with two attached hydrogens (primary N) is 1. The van der Waals surface area contributed by atoms with E-state index in [1.165, 1.54) is 11.3 Å². The number of amides is 1. The Morgan fingerprint density at radius 3 is 2.81 bits per heavy atom. The summed E-state index contributed by atoms with van der Waals surface area (Å²) in [6.45, 7) is 5.63. The van der Waals surface area contributed by atoms with E-state index >= 15 is 0 Å². The van der Waals surface area contributed by atoms with Crippen molar-refractivity contribution in [2.75, 3.05) is 5.32 Å². The minimum absolute atomic E-state index is 0.0282. The first-order valence-corrected chi connectivity index (χ1v) is 7.49. The smallest absolute Gasteiger partial charge is 0.275 e. The molecule has 1 unspecified atom stereocenters. The number of hydrogen-bond acceptors (Lipinski definition) is 6. The van der Waals surface area contributed by atoms with Crippen molar-refractivity contribution in [1.82, 2.24) is 9.97 Å². The summed E-state index contributed by atoms with van der Waals surface area (Å²) in [4.78, 5) is 20.5. The number of carbonyl (C=O) groups excluding carboxylic acids is 1. The molecule has 1 atom stereocenters. The fraction of sp³-hybridized carbons (Fsp3) is 0.357. The molecule has 0 aliphatic heterocycles. The van der Waals surface area contributed by atoms with Crippen molar-refractivity contribution in [1.29, 1.82) is 0 Å². The molecule has 0 saturated carbocycles. The summed E-state index contributed by atoms with van der Waals surface area (Å²) in [6.07, 6.45) is 1.59. The van der Waals surface area contributed by atoms with Crippen LogP contribution in [0.25, 0.3) is 0 Å². The SMILES string of the molecule is CC(C)Oc1ncccc1NC(=O)c1csc(C(C)N)n1. The van der Waals surface area contributed by atoms with Gasteiger partial charge in [-0.3, -0.25) is 4.79 Å². The quantitative estimate of drug-likeness (QED) is 0.886. The third-order valence-electron chi connectivity index (χ3n) is 2.51. The van der Waals surface area contributed by atoms with Crippen molar-refractivity contribution < 1.29 is 9.53 Å². The maximum atomic E-state index is 12.2. The van der Waals surface area contributed by atoms with Crippen LogP contribution in [0.2, 0.25) is 0 Å². The van der Waals surface area contributed by atoms with Crippen LogP contribution < -0.4 is 15.8 Å². The lowest BCUT2D eigenvalue weighted by molar-refractivity contribution is 0.102. The number of anilines is 1. The Labute approximate surface area is 127 Å². The molecule has 2 heterocycles. The number of carbonyl (C=O) groups is 1. The van der Waals surface area contributed by atoms with Gasteiger partial charge in [-0.1, -0.05) is 0 Å². The summed E-state index contributed by atoms with van der Waals surface area (Å²) in [7, 11) is 0. The van der Waals surface area contributed by atoms with Gasteiger partial charge >= 0.3 is 0 Å². The minimum Gasteiger partial charge on any atom is -0.473 e. The molecule has 3 N–H and O–H groups in total. The van der Waals surface area contributed by atoms with Gasteiger partial charge in [-0.15, -0.1) is 11.3 Å². The highest BCUT2D eigenvalue weighted by molar-refractivity contribution is 7.09. The van der Waals surface area contributed by atoms with Crippen LogP contribution >= 0.6 is 11.3 Å². The Bertz CT molecular complexity index is 625. The van der Waals surface area contributed by atoms with Gasteiger partial charge in [-0.05, 0) is 32.9 Å². The van der Waals surface area contributed by atoms with Gasteiger partial charge in [-0.2, -0.15) is 0 Å². The first kappa shape index (κ1) is 15.4. The second-order valence-electron chi connectivity index (χ2n) is 4.84. The molecule has 6 nitrogen and oxygen atoms in total. The number of nitrogens with zero attached hydrogens (tertiary/aromatic N) is 2. The second kappa shape index (κ2) is 6.64. The largest absolute Gasteiger partial charge is 0.473 e. The molecule has 1 amide bonds. The van der Waals surface area contributed by atoms with Crippen molar-refractivity contribution in [2.24, 2.45) is 5.73 Å². The first-order chi connectivity index (χ1) is 9.97. The van der Waals surface area contributed by atoms with E-state index in [1.807, 2.05) is 20.8 Å². The van der Waals surface area contributed by atoms with Gasteiger partial charge in [0.25, 0.3) is 5.91 Å². The maximum absolute atomic E-state index is 12.2. The minimum atomic E-state index is -0.306. The number of pyridine rings is 1. The molecule has 0 radical (unpaired) electrons. The van der Waals surface area contributed by atoms with Crippen LogP contribution in [0.3, 0.4) is 0 Å². The molecule has 0 saturated heterocycles. The number of ether oxygens (including phenoxy) is 1. The van der Waals surface area contributed by atoms with Gasteiger partial charge < -0.3 is 15.8 Å². The Hall–Kier alpha value is -1.99. The second-order valence-corrected chi connectivity index (χ2v) is 5.73. The van der Waals surface area contributed by atoms with Gasteiger partial charge in [0.2, 0.25) is 5.88 Å². The molecule has 0 bridgehead atoms. The Kier molecular flexibility index (Phi) is 4.87. The van der Waals surface area contributed by atoms with E-state index in [4.69, 9.17) is 10.5 Å². The van der Waals surface area contributed by atoms with Gasteiger partial charge in [-0.25, -0.2) is 9.97 Å². The van der Waals surface area contributed by atoms with Crippen LogP contribution in [0, 0.1) is 0 Å². The number of hydrogen-bond donors (Lipinski definition) is 2. The predicted octanol–water partition coefficient (Wildman–Crippen LogP) is 2.60. The third-order valence-corrected chi connectivity index (χ3v) is 3.56. The Morgan fingerprint density at radius 1 is 1.43 bits per heavy atom. The van der Waals surface area contributed by atoms with E-state index in [0.29, 0.717) is 17.3 Å². The fourth-order valence-electron chi connectivity index (χ4n) is 1.59. The van der Waals surface area contributed by atoms with E-state index in [1.54, 1.807) is 23.7 Å². The normalized spacial score (nSPS) is 12.2. The topological polar surface area (TPSA) is 90.1 Å². The summed E-state index contributed by atoms with van der Waals surface area (Å²) in [5.74, 6) is 0.0863. The van der Waals surface area contributed by atoms with Crippen LogP contribution in [-0.2, 0) is 0 Å². The highest BCUT2D eigenvalue weighted by Crippen LogP contribution is 2.23. The molecule has 2 rings (SSSR count). The zero-order valence-electron chi connectivity index (χ0n) is 12.2. The lowest BCUT2D eigenvalue weighted by Gasteiger charge is -2.12. The number of rotatable bonds is 5. The highest BCUT2D eigenvalue weighted by atomic mass is 32.1. The lowest BCUT2D eigenvalue weighted by atomic mass is 10.3. The molecule has 2 aromatic heterocycles. The maximum Gasteiger partial charge on any atom is 0.275 e. The van der Waals surface area contributed by atoms with E-state index < -0.39 is 0 Å². The van der Waals surface area contributed by atoms with Crippen molar-refractivity contribution in [3.8, 4) is 5.88 Å².